The Morgan fingerprint density at radius 3 is 2.48 bits per heavy atom. The van der Waals surface area contributed by atoms with E-state index in [0.29, 0.717) is 11.3 Å². The molecule has 0 aliphatic heterocycles. The van der Waals surface area contributed by atoms with Crippen LogP contribution in [-0.2, 0) is 14.3 Å². The number of carbonyl (C=O) groups excluding carboxylic acids is 3. The molecule has 0 saturated heterocycles. The van der Waals surface area contributed by atoms with Crippen molar-refractivity contribution in [3.8, 4) is 0 Å². The van der Waals surface area contributed by atoms with Crippen LogP contribution < -0.4 is 10.6 Å². The van der Waals surface area contributed by atoms with Crippen LogP contribution in [0.4, 0.5) is 5.69 Å². The lowest BCUT2D eigenvalue weighted by Gasteiger charge is -2.15. The van der Waals surface area contributed by atoms with Gasteiger partial charge in [0.05, 0.1) is 0 Å². The van der Waals surface area contributed by atoms with Crippen LogP contribution in [0.5, 0.6) is 0 Å². The third-order valence-electron chi connectivity index (χ3n) is 4.40. The summed E-state index contributed by atoms with van der Waals surface area (Å²) in [5.41, 5.74) is 2.04. The van der Waals surface area contributed by atoms with Gasteiger partial charge in [-0.2, -0.15) is 0 Å². The van der Waals surface area contributed by atoms with E-state index in [2.05, 4.69) is 10.6 Å². The van der Waals surface area contributed by atoms with Gasteiger partial charge in [-0.1, -0.05) is 54.1 Å². The quantitative estimate of drug-likeness (QED) is 0.632. The Bertz CT molecular complexity index is 1060. The molecule has 0 spiro atoms. The Morgan fingerprint density at radius 1 is 0.966 bits per heavy atom. The average Bonchev–Trinajstić information content (AvgIpc) is 2.72. The van der Waals surface area contributed by atoms with Crippen LogP contribution >= 0.6 is 0 Å². The van der Waals surface area contributed by atoms with Crippen LogP contribution in [-0.4, -0.2) is 30.4 Å². The van der Waals surface area contributed by atoms with Gasteiger partial charge < -0.3 is 15.4 Å². The van der Waals surface area contributed by atoms with Gasteiger partial charge in [0.1, 0.15) is 6.54 Å². The van der Waals surface area contributed by atoms with E-state index in [4.69, 9.17) is 4.74 Å². The summed E-state index contributed by atoms with van der Waals surface area (Å²) >= 11 is 0. The number of fused-ring (bicyclic) bond motifs is 1. The average molecular weight is 390 g/mol. The third kappa shape index (κ3) is 5.19. The summed E-state index contributed by atoms with van der Waals surface area (Å²) < 4.78 is 5.14. The fraction of sp³-hybridized carbons (Fsp3) is 0.174. The summed E-state index contributed by atoms with van der Waals surface area (Å²) in [6, 6.07) is 20.3. The van der Waals surface area contributed by atoms with Crippen molar-refractivity contribution in [2.45, 2.75) is 20.0 Å². The maximum absolute atomic E-state index is 12.4. The van der Waals surface area contributed by atoms with Crippen LogP contribution in [0.1, 0.15) is 22.8 Å². The molecule has 29 heavy (non-hydrogen) atoms. The first kappa shape index (κ1) is 20.1. The molecule has 0 aliphatic rings. The maximum Gasteiger partial charge on any atom is 0.326 e. The molecule has 0 fully saturated rings. The topological polar surface area (TPSA) is 84.5 Å². The second kappa shape index (κ2) is 9.01. The van der Waals surface area contributed by atoms with E-state index in [1.165, 1.54) is 6.92 Å². The minimum atomic E-state index is -1.00. The Kier molecular flexibility index (Phi) is 6.24. The zero-order valence-electron chi connectivity index (χ0n) is 16.3. The van der Waals surface area contributed by atoms with E-state index < -0.39 is 18.0 Å². The van der Waals surface area contributed by atoms with E-state index in [0.717, 1.165) is 16.3 Å². The molecule has 0 aromatic heterocycles. The lowest BCUT2D eigenvalue weighted by atomic mass is 10.1. The first-order chi connectivity index (χ1) is 13.9. The van der Waals surface area contributed by atoms with Crippen LogP contribution in [0, 0.1) is 6.92 Å². The summed E-state index contributed by atoms with van der Waals surface area (Å²) in [5.74, 6) is -1.51. The molecule has 0 aliphatic carbocycles. The number of esters is 1. The Morgan fingerprint density at radius 2 is 1.69 bits per heavy atom. The highest BCUT2D eigenvalue weighted by Gasteiger charge is 2.19. The summed E-state index contributed by atoms with van der Waals surface area (Å²) in [6.07, 6.45) is -1.00. The third-order valence-corrected chi connectivity index (χ3v) is 4.40. The first-order valence-electron chi connectivity index (χ1n) is 9.27. The SMILES string of the molecule is Cc1cccc(C(=O)NCC(=O)OC(C)C(=O)Nc2cccc3ccccc23)c1. The van der Waals surface area contributed by atoms with Gasteiger partial charge in [-0.15, -0.1) is 0 Å². The van der Waals surface area contributed by atoms with Crippen LogP contribution in [0.25, 0.3) is 10.8 Å². The second-order valence-electron chi connectivity index (χ2n) is 6.70. The second-order valence-corrected chi connectivity index (χ2v) is 6.70. The van der Waals surface area contributed by atoms with Crippen molar-refractivity contribution in [2.24, 2.45) is 0 Å². The van der Waals surface area contributed by atoms with Crippen molar-refractivity contribution in [3.63, 3.8) is 0 Å². The Balaban J connectivity index is 1.53. The molecule has 6 heteroatoms. The molecule has 0 bridgehead atoms. The zero-order valence-corrected chi connectivity index (χ0v) is 16.3. The number of amides is 2. The van der Waals surface area contributed by atoms with Gasteiger partial charge >= 0.3 is 5.97 Å². The van der Waals surface area contributed by atoms with Crippen molar-refractivity contribution < 1.29 is 19.1 Å². The molecule has 2 N–H and O–H groups in total. The predicted molar refractivity (Wildman–Crippen MR) is 112 cm³/mol. The predicted octanol–water partition coefficient (Wildman–Crippen LogP) is 3.45. The van der Waals surface area contributed by atoms with Crippen molar-refractivity contribution in [1.29, 1.82) is 0 Å². The monoisotopic (exact) mass is 390 g/mol. The summed E-state index contributed by atoms with van der Waals surface area (Å²) in [6.45, 7) is 3.04. The van der Waals surface area contributed by atoms with E-state index in [1.807, 2.05) is 49.4 Å². The molecule has 6 nitrogen and oxygen atoms in total. The van der Waals surface area contributed by atoms with E-state index in [9.17, 15) is 14.4 Å². The number of ether oxygens (including phenoxy) is 1. The number of anilines is 1. The number of benzene rings is 3. The smallest absolute Gasteiger partial charge is 0.326 e. The number of carbonyl (C=O) groups is 3. The number of hydrogen-bond acceptors (Lipinski definition) is 4. The highest BCUT2D eigenvalue weighted by atomic mass is 16.5. The van der Waals surface area contributed by atoms with Gasteiger partial charge in [0, 0.05) is 16.6 Å². The molecular weight excluding hydrogens is 368 g/mol. The van der Waals surface area contributed by atoms with Gasteiger partial charge in [-0.25, -0.2) is 0 Å². The molecule has 3 rings (SSSR count). The lowest BCUT2D eigenvalue weighted by Crippen LogP contribution is -2.35. The fourth-order valence-electron chi connectivity index (χ4n) is 2.90. The molecular formula is C23H22N2O4. The molecule has 148 valence electrons. The van der Waals surface area contributed by atoms with Crippen LogP contribution in [0.15, 0.2) is 66.7 Å². The number of aryl methyl sites for hydroxylation is 1. The summed E-state index contributed by atoms with van der Waals surface area (Å²) in [7, 11) is 0. The normalized spacial score (nSPS) is 11.5. The highest BCUT2D eigenvalue weighted by Crippen LogP contribution is 2.23. The number of hydrogen-bond donors (Lipinski definition) is 2. The molecule has 0 saturated carbocycles. The minimum absolute atomic E-state index is 0.321. The molecule has 3 aromatic rings. The molecule has 1 atom stereocenters. The van der Waals surface area contributed by atoms with Gasteiger partial charge in [0.15, 0.2) is 6.10 Å². The standard InChI is InChI=1S/C23H22N2O4/c1-15-7-5-10-18(13-15)23(28)24-14-21(26)29-16(2)22(27)25-20-12-6-9-17-8-3-4-11-19(17)20/h3-13,16H,14H2,1-2H3,(H,24,28)(H,25,27). The van der Waals surface area contributed by atoms with Crippen LogP contribution in [0.3, 0.4) is 0 Å². The van der Waals surface area contributed by atoms with Crippen molar-refractivity contribution in [1.82, 2.24) is 5.32 Å². The Labute approximate surface area is 168 Å². The summed E-state index contributed by atoms with van der Waals surface area (Å²) in [4.78, 5) is 36.5. The van der Waals surface area contributed by atoms with Gasteiger partial charge in [0.25, 0.3) is 11.8 Å². The molecule has 1 unspecified atom stereocenters. The fourth-order valence-corrected chi connectivity index (χ4v) is 2.90. The van der Waals surface area contributed by atoms with E-state index >= 15 is 0 Å². The molecule has 2 amide bonds. The maximum atomic E-state index is 12.4. The van der Waals surface area contributed by atoms with Gasteiger partial charge in [-0.3, -0.25) is 14.4 Å². The molecule has 3 aromatic carbocycles. The number of rotatable bonds is 6. The Hall–Kier alpha value is -3.67. The van der Waals surface area contributed by atoms with Crippen LogP contribution in [0.2, 0.25) is 0 Å². The lowest BCUT2D eigenvalue weighted by molar-refractivity contribution is -0.152. The van der Waals surface area contributed by atoms with Gasteiger partial charge in [-0.05, 0) is 37.4 Å². The minimum Gasteiger partial charge on any atom is -0.451 e. The van der Waals surface area contributed by atoms with Crippen molar-refractivity contribution in [2.75, 3.05) is 11.9 Å². The van der Waals surface area contributed by atoms with Gasteiger partial charge in [0.2, 0.25) is 0 Å². The highest BCUT2D eigenvalue weighted by molar-refractivity contribution is 6.04. The number of nitrogens with one attached hydrogen (secondary N) is 2. The first-order valence-corrected chi connectivity index (χ1v) is 9.27. The van der Waals surface area contributed by atoms with E-state index in [1.54, 1.807) is 24.3 Å². The largest absolute Gasteiger partial charge is 0.451 e. The molecule has 0 heterocycles. The van der Waals surface area contributed by atoms with Crippen molar-refractivity contribution >= 4 is 34.2 Å². The van der Waals surface area contributed by atoms with E-state index in [-0.39, 0.29) is 12.5 Å². The zero-order chi connectivity index (χ0) is 20.8. The van der Waals surface area contributed by atoms with Crippen molar-refractivity contribution in [3.05, 3.63) is 77.9 Å². The molecule has 0 radical (unpaired) electrons. The summed E-state index contributed by atoms with van der Waals surface area (Å²) in [5, 5.41) is 7.17.